The monoisotopic (exact) mass is 330 g/mol. The molecule has 0 spiro atoms. The average molecular weight is 331 g/mol. The molecule has 3 rings (SSSR count). The summed E-state index contributed by atoms with van der Waals surface area (Å²) >= 11 is 0. The third kappa shape index (κ3) is 4.99. The minimum absolute atomic E-state index is 0.571. The van der Waals surface area contributed by atoms with Gasteiger partial charge in [0.2, 0.25) is 0 Å². The fourth-order valence-corrected chi connectivity index (χ4v) is 3.83. The van der Waals surface area contributed by atoms with E-state index in [2.05, 4.69) is 74.2 Å². The van der Waals surface area contributed by atoms with E-state index in [0.717, 1.165) is 17.9 Å². The third-order valence-corrected chi connectivity index (χ3v) is 5.50. The molecule has 0 amide bonds. The predicted octanol–water partition coefficient (Wildman–Crippen LogP) is 6.53. The molecular weight excluding hydrogens is 300 g/mol. The van der Waals surface area contributed by atoms with Crippen molar-refractivity contribution in [3.63, 3.8) is 0 Å². The summed E-state index contributed by atoms with van der Waals surface area (Å²) in [5.41, 5.74) is 5.54. The first kappa shape index (κ1) is 17.8. The molecule has 0 unspecified atom stereocenters. The van der Waals surface area contributed by atoms with E-state index in [4.69, 9.17) is 0 Å². The van der Waals surface area contributed by atoms with Crippen LogP contribution in [0.5, 0.6) is 0 Å². The lowest BCUT2D eigenvalue weighted by atomic mass is 9.78. The second-order valence-electron chi connectivity index (χ2n) is 7.36. The Morgan fingerprint density at radius 2 is 1.44 bits per heavy atom. The Hall–Kier alpha value is -2.00. The molecule has 130 valence electrons. The van der Waals surface area contributed by atoms with Crippen molar-refractivity contribution in [2.24, 2.45) is 5.92 Å². The van der Waals surface area contributed by atoms with Crippen molar-refractivity contribution in [1.82, 2.24) is 0 Å². The highest BCUT2D eigenvalue weighted by Crippen LogP contribution is 2.35. The summed E-state index contributed by atoms with van der Waals surface area (Å²) in [5, 5.41) is 0. The molecule has 0 bridgehead atoms. The lowest BCUT2D eigenvalue weighted by Gasteiger charge is -2.26. The van der Waals surface area contributed by atoms with Crippen LogP contribution in [0.4, 0.5) is 0 Å². The van der Waals surface area contributed by atoms with Crippen molar-refractivity contribution >= 4 is 0 Å². The first-order valence-corrected chi connectivity index (χ1v) is 9.97. The quantitative estimate of drug-likeness (QED) is 0.559. The van der Waals surface area contributed by atoms with Crippen LogP contribution in [0.3, 0.4) is 0 Å². The highest BCUT2D eigenvalue weighted by Gasteiger charge is 2.21. The zero-order valence-electron chi connectivity index (χ0n) is 15.7. The molecule has 2 aromatic rings. The maximum atomic E-state index is 3.52. The minimum Gasteiger partial charge on any atom is -0.0945 e. The van der Waals surface area contributed by atoms with E-state index in [1.54, 1.807) is 0 Å². The van der Waals surface area contributed by atoms with Crippen molar-refractivity contribution in [3.05, 3.63) is 70.8 Å². The van der Waals surface area contributed by atoms with E-state index in [0.29, 0.717) is 5.92 Å². The largest absolute Gasteiger partial charge is 0.0945 e. The van der Waals surface area contributed by atoms with Crippen molar-refractivity contribution < 1.29 is 0 Å². The Morgan fingerprint density at radius 1 is 0.800 bits per heavy atom. The SMILES string of the molecule is CCCc1ccc([C@H]2CC[C@H](C#Cc3ccc(CC)cc3)CC2)cc1. The molecule has 1 aliphatic rings. The summed E-state index contributed by atoms with van der Waals surface area (Å²) in [5.74, 6) is 8.22. The van der Waals surface area contributed by atoms with Crippen LogP contribution in [0.1, 0.15) is 74.1 Å². The smallest absolute Gasteiger partial charge is 0.0245 e. The van der Waals surface area contributed by atoms with Gasteiger partial charge in [0.25, 0.3) is 0 Å². The zero-order chi connectivity index (χ0) is 17.5. The van der Waals surface area contributed by atoms with E-state index < -0.39 is 0 Å². The lowest BCUT2D eigenvalue weighted by molar-refractivity contribution is 0.384. The average Bonchev–Trinajstić information content (AvgIpc) is 2.68. The Morgan fingerprint density at radius 3 is 2.04 bits per heavy atom. The third-order valence-electron chi connectivity index (χ3n) is 5.50. The van der Waals surface area contributed by atoms with Gasteiger partial charge in [-0.05, 0) is 73.3 Å². The van der Waals surface area contributed by atoms with Gasteiger partial charge in [0, 0.05) is 11.5 Å². The molecule has 0 atom stereocenters. The van der Waals surface area contributed by atoms with Crippen LogP contribution in [0, 0.1) is 17.8 Å². The van der Waals surface area contributed by atoms with E-state index >= 15 is 0 Å². The standard InChI is InChI=1S/C25H30/c1-3-5-21-12-16-24(17-13-21)25-18-14-23(15-19-25)11-10-22-8-6-20(4-2)7-9-22/h6-9,12-13,16-17,23,25H,3-5,14-15,18-19H2,1-2H3/t23-,25-. The number of hydrogen-bond donors (Lipinski definition) is 0. The number of hydrogen-bond acceptors (Lipinski definition) is 0. The normalized spacial score (nSPS) is 19.9. The van der Waals surface area contributed by atoms with Crippen molar-refractivity contribution in [2.45, 2.75) is 64.7 Å². The number of aryl methyl sites for hydroxylation is 2. The fourth-order valence-electron chi connectivity index (χ4n) is 3.83. The minimum atomic E-state index is 0.571. The van der Waals surface area contributed by atoms with Gasteiger partial charge in [-0.25, -0.2) is 0 Å². The molecule has 0 aromatic heterocycles. The topological polar surface area (TPSA) is 0 Å². The van der Waals surface area contributed by atoms with Crippen molar-refractivity contribution in [3.8, 4) is 11.8 Å². The summed E-state index contributed by atoms with van der Waals surface area (Å²) < 4.78 is 0. The molecule has 1 fully saturated rings. The van der Waals surface area contributed by atoms with Crippen LogP contribution < -0.4 is 0 Å². The lowest BCUT2D eigenvalue weighted by Crippen LogP contribution is -2.12. The van der Waals surface area contributed by atoms with Crippen LogP contribution in [0.2, 0.25) is 0 Å². The molecule has 0 nitrogen and oxygen atoms in total. The summed E-state index contributed by atoms with van der Waals surface area (Å²) in [6.07, 6.45) is 8.55. The maximum absolute atomic E-state index is 3.52. The first-order chi connectivity index (χ1) is 12.3. The van der Waals surface area contributed by atoms with Gasteiger partial charge >= 0.3 is 0 Å². The van der Waals surface area contributed by atoms with E-state index in [1.165, 1.54) is 55.2 Å². The molecule has 0 N–H and O–H groups in total. The molecular formula is C25H30. The van der Waals surface area contributed by atoms with Gasteiger partial charge in [-0.2, -0.15) is 0 Å². The molecule has 1 saturated carbocycles. The second kappa shape index (κ2) is 8.91. The molecule has 2 aromatic carbocycles. The fraction of sp³-hybridized carbons (Fsp3) is 0.440. The van der Waals surface area contributed by atoms with Gasteiger partial charge in [0.05, 0.1) is 0 Å². The van der Waals surface area contributed by atoms with Crippen LogP contribution in [0.25, 0.3) is 0 Å². The molecule has 25 heavy (non-hydrogen) atoms. The second-order valence-corrected chi connectivity index (χ2v) is 7.36. The zero-order valence-corrected chi connectivity index (χ0v) is 15.7. The van der Waals surface area contributed by atoms with E-state index in [-0.39, 0.29) is 0 Å². The molecule has 0 saturated heterocycles. The summed E-state index contributed by atoms with van der Waals surface area (Å²) in [6, 6.07) is 18.1. The van der Waals surface area contributed by atoms with Crippen LogP contribution in [-0.4, -0.2) is 0 Å². The number of benzene rings is 2. The Kier molecular flexibility index (Phi) is 6.35. The van der Waals surface area contributed by atoms with Crippen LogP contribution >= 0.6 is 0 Å². The highest BCUT2D eigenvalue weighted by atomic mass is 14.2. The van der Waals surface area contributed by atoms with Gasteiger partial charge in [0.1, 0.15) is 0 Å². The van der Waals surface area contributed by atoms with E-state index in [9.17, 15) is 0 Å². The summed E-state index contributed by atoms with van der Waals surface area (Å²) in [6.45, 7) is 4.44. The summed E-state index contributed by atoms with van der Waals surface area (Å²) in [7, 11) is 0. The molecule has 0 aliphatic heterocycles. The Bertz CT molecular complexity index is 701. The van der Waals surface area contributed by atoms with Gasteiger partial charge in [-0.3, -0.25) is 0 Å². The predicted molar refractivity (Wildman–Crippen MR) is 108 cm³/mol. The van der Waals surface area contributed by atoms with Crippen molar-refractivity contribution in [2.75, 3.05) is 0 Å². The molecule has 0 radical (unpaired) electrons. The highest BCUT2D eigenvalue weighted by molar-refractivity contribution is 5.36. The van der Waals surface area contributed by atoms with Crippen LogP contribution in [-0.2, 0) is 12.8 Å². The molecule has 1 aliphatic carbocycles. The van der Waals surface area contributed by atoms with Gasteiger partial charge in [0.15, 0.2) is 0 Å². The van der Waals surface area contributed by atoms with Crippen LogP contribution in [0.15, 0.2) is 48.5 Å². The van der Waals surface area contributed by atoms with Crippen molar-refractivity contribution in [1.29, 1.82) is 0 Å². The summed E-state index contributed by atoms with van der Waals surface area (Å²) in [4.78, 5) is 0. The Balaban J connectivity index is 1.54. The molecule has 0 heterocycles. The van der Waals surface area contributed by atoms with Gasteiger partial charge in [-0.15, -0.1) is 0 Å². The van der Waals surface area contributed by atoms with Gasteiger partial charge in [-0.1, -0.05) is 68.5 Å². The number of rotatable bonds is 4. The Labute approximate surface area is 153 Å². The maximum Gasteiger partial charge on any atom is 0.0245 e. The van der Waals surface area contributed by atoms with Gasteiger partial charge < -0.3 is 0 Å². The van der Waals surface area contributed by atoms with E-state index in [1.807, 2.05) is 0 Å². The molecule has 0 heteroatoms. The first-order valence-electron chi connectivity index (χ1n) is 9.97.